The van der Waals surface area contributed by atoms with Crippen LogP contribution in [0.5, 0.6) is 0 Å². The van der Waals surface area contributed by atoms with E-state index < -0.39 is 5.97 Å². The van der Waals surface area contributed by atoms with E-state index in [2.05, 4.69) is 13.8 Å². The number of aliphatic carboxylic acids is 1. The summed E-state index contributed by atoms with van der Waals surface area (Å²) in [5.41, 5.74) is 0. The molecule has 3 nitrogen and oxygen atoms in total. The topological polar surface area (TPSA) is 49.4 Å². The van der Waals surface area contributed by atoms with Crippen LogP contribution in [0.3, 0.4) is 0 Å². The zero-order valence-corrected chi connectivity index (χ0v) is 20.5. The summed E-state index contributed by atoms with van der Waals surface area (Å²) in [7, 11) is 0. The van der Waals surface area contributed by atoms with Crippen LogP contribution in [0, 0.1) is 0 Å². The van der Waals surface area contributed by atoms with Crippen molar-refractivity contribution in [1.82, 2.24) is 0 Å². The fraction of sp³-hybridized carbons (Fsp3) is 0.955. The maximum Gasteiger partial charge on any atom is 1.00 e. The Morgan fingerprint density at radius 3 is 1.12 bits per heavy atom. The number of carbonyl (C=O) groups excluding carboxylic acids is 1. The quantitative estimate of drug-likeness (QED) is 0.271. The molecule has 0 fully saturated rings. The van der Waals surface area contributed by atoms with Gasteiger partial charge in [-0.3, -0.25) is 0 Å². The second kappa shape index (κ2) is 30.2. The molecule has 4 heteroatoms. The summed E-state index contributed by atoms with van der Waals surface area (Å²) < 4.78 is 5.72. The third-order valence-electron chi connectivity index (χ3n) is 4.28. The smallest absolute Gasteiger partial charge is 0.550 e. The van der Waals surface area contributed by atoms with Crippen molar-refractivity contribution in [2.24, 2.45) is 0 Å². The van der Waals surface area contributed by atoms with Gasteiger partial charge in [0.15, 0.2) is 0 Å². The molecule has 0 aromatic rings. The number of ether oxygens (including phenoxy) is 1. The van der Waals surface area contributed by atoms with Crippen molar-refractivity contribution in [2.75, 3.05) is 13.2 Å². The Labute approximate surface area is 186 Å². The fourth-order valence-corrected chi connectivity index (χ4v) is 2.78. The van der Waals surface area contributed by atoms with Gasteiger partial charge in [0.25, 0.3) is 0 Å². The van der Waals surface area contributed by atoms with E-state index in [0.29, 0.717) is 0 Å². The van der Waals surface area contributed by atoms with Crippen molar-refractivity contribution in [1.29, 1.82) is 0 Å². The Morgan fingerprint density at radius 1 is 0.615 bits per heavy atom. The molecule has 152 valence electrons. The minimum atomic E-state index is -1.08. The Kier molecular flexibility index (Phi) is 36.1. The first-order valence-corrected chi connectivity index (χ1v) is 10.9. The molecule has 0 aromatic carbocycles. The molecule has 0 rings (SSSR count). The van der Waals surface area contributed by atoms with Gasteiger partial charge in [-0.15, -0.1) is 0 Å². The average Bonchev–Trinajstić information content (AvgIpc) is 2.57. The van der Waals surface area contributed by atoms with Crippen LogP contribution in [0.4, 0.5) is 0 Å². The van der Waals surface area contributed by atoms with Gasteiger partial charge in [-0.1, -0.05) is 104 Å². The number of unbranched alkanes of at least 4 members (excludes halogenated alkanes) is 14. The molecule has 0 saturated carbocycles. The van der Waals surface area contributed by atoms with Crippen LogP contribution in [0.2, 0.25) is 0 Å². The second-order valence-corrected chi connectivity index (χ2v) is 7.05. The Balaban J connectivity index is -0.000000951. The van der Waals surface area contributed by atoms with Crippen molar-refractivity contribution in [3.63, 3.8) is 0 Å². The molecular weight excluding hydrogens is 335 g/mol. The van der Waals surface area contributed by atoms with E-state index in [-0.39, 0.29) is 29.6 Å². The zero-order valence-electron chi connectivity index (χ0n) is 18.5. The summed E-state index contributed by atoms with van der Waals surface area (Å²) in [6.07, 6.45) is 22.2. The van der Waals surface area contributed by atoms with Crippen molar-refractivity contribution in [3.05, 3.63) is 0 Å². The molecule has 0 spiro atoms. The number of hydrogen-bond donors (Lipinski definition) is 0. The van der Waals surface area contributed by atoms with E-state index in [9.17, 15) is 0 Å². The second-order valence-electron chi connectivity index (χ2n) is 7.05. The fourth-order valence-electron chi connectivity index (χ4n) is 2.78. The van der Waals surface area contributed by atoms with E-state index in [0.717, 1.165) is 20.1 Å². The number of carbonyl (C=O) groups is 1. The van der Waals surface area contributed by atoms with E-state index in [1.807, 2.05) is 0 Å². The van der Waals surface area contributed by atoms with Crippen LogP contribution in [-0.2, 0) is 9.53 Å². The first-order chi connectivity index (χ1) is 12.1. The van der Waals surface area contributed by atoms with Crippen LogP contribution >= 0.6 is 0 Å². The molecule has 0 aromatic heterocycles. The van der Waals surface area contributed by atoms with Crippen LogP contribution in [-0.4, -0.2) is 19.2 Å². The molecule has 0 heterocycles. The maximum absolute atomic E-state index is 8.89. The normalized spacial score (nSPS) is 9.96. The summed E-state index contributed by atoms with van der Waals surface area (Å²) in [6, 6.07) is 0. The summed E-state index contributed by atoms with van der Waals surface area (Å²) in [5.74, 6) is -1.08. The third kappa shape index (κ3) is 39.5. The summed E-state index contributed by atoms with van der Waals surface area (Å²) in [6.45, 7) is 7.52. The van der Waals surface area contributed by atoms with Gasteiger partial charge in [-0.2, -0.15) is 0 Å². The standard InChI is InChI=1S/C20H42O.C2H4O2.Na/c1-3-5-7-9-11-13-15-17-19-21-20-18-16-14-12-10-8-6-4-2;1-2(3)4;/h3-20H2,1-2H3;1H3,(H,3,4);/q;;+1/p-1. The minimum absolute atomic E-state index is 0. The zero-order chi connectivity index (χ0) is 19.0. The number of carboxylic acid groups (broad SMARTS) is 1. The van der Waals surface area contributed by atoms with Gasteiger partial charge >= 0.3 is 29.6 Å². The molecule has 0 unspecified atom stereocenters. The molecule has 0 aliphatic carbocycles. The average molecular weight is 381 g/mol. The van der Waals surface area contributed by atoms with Gasteiger partial charge in [0.2, 0.25) is 0 Å². The molecule has 26 heavy (non-hydrogen) atoms. The van der Waals surface area contributed by atoms with Gasteiger partial charge in [0.05, 0.1) is 0 Å². The van der Waals surface area contributed by atoms with E-state index >= 15 is 0 Å². The van der Waals surface area contributed by atoms with E-state index in [4.69, 9.17) is 14.6 Å². The minimum Gasteiger partial charge on any atom is -0.550 e. The number of rotatable bonds is 18. The predicted molar refractivity (Wildman–Crippen MR) is 107 cm³/mol. The molecular formula is C22H45NaO3. The summed E-state index contributed by atoms with van der Waals surface area (Å²) >= 11 is 0. The van der Waals surface area contributed by atoms with Crippen LogP contribution in [0.1, 0.15) is 124 Å². The molecule has 0 aliphatic rings. The van der Waals surface area contributed by atoms with Gasteiger partial charge in [-0.25, -0.2) is 0 Å². The molecule has 0 aliphatic heterocycles. The first kappa shape index (κ1) is 31.1. The third-order valence-corrected chi connectivity index (χ3v) is 4.28. The van der Waals surface area contributed by atoms with Gasteiger partial charge in [-0.05, 0) is 19.8 Å². The van der Waals surface area contributed by atoms with Crippen molar-refractivity contribution < 1.29 is 44.2 Å². The largest absolute Gasteiger partial charge is 1.00 e. The van der Waals surface area contributed by atoms with Crippen LogP contribution < -0.4 is 34.7 Å². The number of hydrogen-bond acceptors (Lipinski definition) is 3. The van der Waals surface area contributed by atoms with Crippen molar-refractivity contribution in [2.45, 2.75) is 124 Å². The molecule has 0 bridgehead atoms. The van der Waals surface area contributed by atoms with E-state index in [1.54, 1.807) is 0 Å². The summed E-state index contributed by atoms with van der Waals surface area (Å²) in [4.78, 5) is 8.89. The Bertz CT molecular complexity index is 226. The van der Waals surface area contributed by atoms with Crippen LogP contribution in [0.15, 0.2) is 0 Å². The van der Waals surface area contributed by atoms with E-state index in [1.165, 1.54) is 103 Å². The molecule has 0 atom stereocenters. The van der Waals surface area contributed by atoms with Crippen LogP contribution in [0.25, 0.3) is 0 Å². The molecule has 0 radical (unpaired) electrons. The Hall–Kier alpha value is 0.430. The number of carboxylic acids is 1. The van der Waals surface area contributed by atoms with Gasteiger partial charge in [0.1, 0.15) is 0 Å². The molecule has 0 N–H and O–H groups in total. The first-order valence-electron chi connectivity index (χ1n) is 10.9. The van der Waals surface area contributed by atoms with Gasteiger partial charge in [0, 0.05) is 19.2 Å². The molecule has 0 amide bonds. The SMILES string of the molecule is CC(=O)[O-].CCCCCCCCCCOCCCCCCCCCC.[Na+]. The molecule has 0 saturated heterocycles. The monoisotopic (exact) mass is 380 g/mol. The summed E-state index contributed by atoms with van der Waals surface area (Å²) in [5, 5.41) is 8.89. The predicted octanol–water partition coefficient (Wildman–Crippen LogP) is 3.04. The Morgan fingerprint density at radius 2 is 0.846 bits per heavy atom. The van der Waals surface area contributed by atoms with Crippen molar-refractivity contribution in [3.8, 4) is 0 Å². The van der Waals surface area contributed by atoms with Crippen molar-refractivity contribution >= 4 is 5.97 Å². The van der Waals surface area contributed by atoms with Gasteiger partial charge < -0.3 is 14.6 Å². The maximum atomic E-state index is 8.89.